The van der Waals surface area contributed by atoms with Crippen molar-refractivity contribution in [3.8, 4) is 17.2 Å². The number of ether oxygens (including phenoxy) is 3. The van der Waals surface area contributed by atoms with Gasteiger partial charge >= 0.3 is 5.97 Å². The van der Waals surface area contributed by atoms with E-state index in [0.717, 1.165) is 11.3 Å². The zero-order valence-electron chi connectivity index (χ0n) is 18.7. The lowest BCUT2D eigenvalue weighted by molar-refractivity contribution is -0.139. The summed E-state index contributed by atoms with van der Waals surface area (Å²) in [4.78, 5) is 29.7. The molecule has 3 aromatic rings. The summed E-state index contributed by atoms with van der Waals surface area (Å²) in [6.45, 7) is 2.28. The van der Waals surface area contributed by atoms with Gasteiger partial charge in [-0.1, -0.05) is 12.1 Å². The number of aliphatic imine (C=N–C) groups is 1. The Kier molecular flexibility index (Phi) is 7.49. The van der Waals surface area contributed by atoms with Crippen LogP contribution < -0.4 is 15.0 Å². The molecule has 0 radical (unpaired) electrons. The molecule has 32 heavy (non-hydrogen) atoms. The van der Waals surface area contributed by atoms with Gasteiger partial charge in [0, 0.05) is 12.3 Å². The second kappa shape index (κ2) is 10.5. The van der Waals surface area contributed by atoms with Gasteiger partial charge in [0.25, 0.3) is 5.56 Å². The van der Waals surface area contributed by atoms with Crippen molar-refractivity contribution in [3.05, 3.63) is 75.7 Å². The monoisotopic (exact) mass is 437 g/mol. The van der Waals surface area contributed by atoms with Crippen molar-refractivity contribution >= 4 is 11.7 Å². The molecule has 0 unspecified atom stereocenters. The highest BCUT2D eigenvalue weighted by Gasteiger charge is 2.20. The smallest absolute Gasteiger partial charge is 0.311 e. The van der Waals surface area contributed by atoms with Gasteiger partial charge in [0.15, 0.2) is 0 Å². The van der Waals surface area contributed by atoms with Gasteiger partial charge in [-0.05, 0) is 55.3 Å². The molecule has 0 amide bonds. The normalized spacial score (nSPS) is 11.3. The Hall–Kier alpha value is -3.81. The van der Waals surface area contributed by atoms with Crippen LogP contribution in [-0.4, -0.2) is 49.3 Å². The van der Waals surface area contributed by atoms with E-state index in [1.165, 1.54) is 11.8 Å². The summed E-state index contributed by atoms with van der Waals surface area (Å²) in [5.41, 5.74) is 2.86. The Morgan fingerprint density at radius 2 is 1.56 bits per heavy atom. The molecule has 0 aliphatic rings. The summed E-state index contributed by atoms with van der Waals surface area (Å²) >= 11 is 0. The van der Waals surface area contributed by atoms with Crippen LogP contribution in [0.2, 0.25) is 0 Å². The lowest BCUT2D eigenvalue weighted by atomic mass is 10.1. The average molecular weight is 437 g/mol. The molecule has 168 valence electrons. The predicted octanol–water partition coefficient (Wildman–Crippen LogP) is 2.95. The van der Waals surface area contributed by atoms with Crippen molar-refractivity contribution < 1.29 is 19.0 Å². The zero-order valence-corrected chi connectivity index (χ0v) is 18.7. The van der Waals surface area contributed by atoms with E-state index in [1.54, 1.807) is 45.4 Å². The van der Waals surface area contributed by atoms with E-state index in [0.29, 0.717) is 41.4 Å². The van der Waals surface area contributed by atoms with Crippen LogP contribution in [0, 0.1) is 0 Å². The van der Waals surface area contributed by atoms with E-state index in [9.17, 15) is 9.59 Å². The maximum absolute atomic E-state index is 13.2. The minimum atomic E-state index is -0.444. The number of aromatic amines is 1. The Labute approximate surface area is 186 Å². The molecule has 0 fully saturated rings. The molecule has 0 saturated carbocycles. The van der Waals surface area contributed by atoms with E-state index in [2.05, 4.69) is 10.1 Å². The number of H-pyrrole nitrogens is 1. The van der Waals surface area contributed by atoms with Crippen LogP contribution in [-0.2, 0) is 22.4 Å². The number of carbonyl (C=O) groups excluding carboxylic acids is 1. The largest absolute Gasteiger partial charge is 0.497 e. The first-order chi connectivity index (χ1) is 15.5. The highest BCUT2D eigenvalue weighted by atomic mass is 16.5. The number of benzene rings is 2. The second-order valence-electron chi connectivity index (χ2n) is 7.12. The molecule has 8 heteroatoms. The van der Waals surface area contributed by atoms with E-state index in [-0.39, 0.29) is 12.0 Å². The van der Waals surface area contributed by atoms with Crippen LogP contribution in [0.25, 0.3) is 5.69 Å². The summed E-state index contributed by atoms with van der Waals surface area (Å²) in [6, 6.07) is 14.8. The number of nitrogens with zero attached hydrogens (tertiary/aromatic N) is 2. The SMILES string of the molecule is COC(=O)Cc1[nH]n(-c2ccc(OC)cc2)c(=O)c1C(C)=NCCc1ccc(OC)cc1. The highest BCUT2D eigenvalue weighted by molar-refractivity contribution is 6.00. The summed E-state index contributed by atoms with van der Waals surface area (Å²) in [6.07, 6.45) is 0.653. The molecule has 0 spiro atoms. The standard InChI is InChI=1S/C24H27N3O5/c1-16(25-14-13-17-5-9-19(30-2)10-6-17)23-21(15-22(28)32-4)26-27(24(23)29)18-7-11-20(31-3)12-8-18/h5-12,26H,13-15H2,1-4H3. The van der Waals surface area contributed by atoms with Gasteiger partial charge in [0.2, 0.25) is 0 Å². The van der Waals surface area contributed by atoms with Crippen LogP contribution in [0.15, 0.2) is 58.3 Å². The zero-order chi connectivity index (χ0) is 23.1. The number of nitrogens with one attached hydrogen (secondary N) is 1. The molecule has 0 atom stereocenters. The van der Waals surface area contributed by atoms with Crippen LogP contribution in [0.3, 0.4) is 0 Å². The first-order valence-electron chi connectivity index (χ1n) is 10.2. The maximum atomic E-state index is 13.2. The third kappa shape index (κ3) is 5.26. The summed E-state index contributed by atoms with van der Waals surface area (Å²) in [5, 5.41) is 3.04. The number of rotatable bonds is 9. The molecule has 1 N–H and O–H groups in total. The van der Waals surface area contributed by atoms with Gasteiger partial charge in [-0.25, -0.2) is 4.68 Å². The van der Waals surface area contributed by atoms with Crippen molar-refractivity contribution in [2.75, 3.05) is 27.9 Å². The molecule has 8 nitrogen and oxygen atoms in total. The first kappa shape index (κ1) is 22.9. The number of esters is 1. The third-order valence-corrected chi connectivity index (χ3v) is 5.12. The lowest BCUT2D eigenvalue weighted by Crippen LogP contribution is -2.20. The van der Waals surface area contributed by atoms with Crippen LogP contribution in [0.1, 0.15) is 23.7 Å². The summed E-state index contributed by atoms with van der Waals surface area (Å²) < 4.78 is 16.5. The molecule has 0 aliphatic carbocycles. The van der Waals surface area contributed by atoms with E-state index >= 15 is 0 Å². The third-order valence-electron chi connectivity index (χ3n) is 5.12. The van der Waals surface area contributed by atoms with Crippen molar-refractivity contribution in [2.45, 2.75) is 19.8 Å². The summed E-state index contributed by atoms with van der Waals surface area (Å²) in [7, 11) is 4.52. The Morgan fingerprint density at radius 1 is 0.969 bits per heavy atom. The van der Waals surface area contributed by atoms with Crippen molar-refractivity contribution in [2.24, 2.45) is 4.99 Å². The minimum absolute atomic E-state index is 0.0600. The maximum Gasteiger partial charge on any atom is 0.311 e. The van der Waals surface area contributed by atoms with Gasteiger partial charge in [0.05, 0.1) is 44.7 Å². The van der Waals surface area contributed by atoms with Gasteiger partial charge in [-0.3, -0.25) is 19.7 Å². The van der Waals surface area contributed by atoms with Gasteiger partial charge in [0.1, 0.15) is 11.5 Å². The number of hydrogen-bond donors (Lipinski definition) is 1. The number of aromatic nitrogens is 2. The number of carbonyl (C=O) groups is 1. The van der Waals surface area contributed by atoms with E-state index in [4.69, 9.17) is 14.2 Å². The molecule has 1 heterocycles. The highest BCUT2D eigenvalue weighted by Crippen LogP contribution is 2.16. The van der Waals surface area contributed by atoms with Crippen LogP contribution in [0.4, 0.5) is 0 Å². The topological polar surface area (TPSA) is 94.9 Å². The number of hydrogen-bond acceptors (Lipinski definition) is 6. The quantitative estimate of drug-likeness (QED) is 0.410. The lowest BCUT2D eigenvalue weighted by Gasteiger charge is -2.04. The fourth-order valence-electron chi connectivity index (χ4n) is 3.34. The van der Waals surface area contributed by atoms with Crippen molar-refractivity contribution in [1.82, 2.24) is 9.78 Å². The average Bonchev–Trinajstić information content (AvgIpc) is 3.14. The predicted molar refractivity (Wildman–Crippen MR) is 122 cm³/mol. The first-order valence-corrected chi connectivity index (χ1v) is 10.2. The molecule has 3 rings (SSSR count). The fraction of sp³-hybridized carbons (Fsp3) is 0.292. The molecule has 0 aliphatic heterocycles. The summed E-state index contributed by atoms with van der Waals surface area (Å²) in [5.74, 6) is 1.03. The fourth-order valence-corrected chi connectivity index (χ4v) is 3.34. The Bertz CT molecular complexity index is 1140. The number of methoxy groups -OCH3 is 3. The van der Waals surface area contributed by atoms with Gasteiger partial charge < -0.3 is 14.2 Å². The van der Waals surface area contributed by atoms with Crippen molar-refractivity contribution in [3.63, 3.8) is 0 Å². The Balaban J connectivity index is 1.89. The Morgan fingerprint density at radius 3 is 2.12 bits per heavy atom. The van der Waals surface area contributed by atoms with Gasteiger partial charge in [-0.15, -0.1) is 0 Å². The van der Waals surface area contributed by atoms with Crippen molar-refractivity contribution in [1.29, 1.82) is 0 Å². The van der Waals surface area contributed by atoms with E-state index in [1.807, 2.05) is 24.3 Å². The van der Waals surface area contributed by atoms with E-state index < -0.39 is 5.97 Å². The molecular weight excluding hydrogens is 410 g/mol. The van der Waals surface area contributed by atoms with Crippen LogP contribution in [0.5, 0.6) is 11.5 Å². The second-order valence-corrected chi connectivity index (χ2v) is 7.12. The van der Waals surface area contributed by atoms with Crippen LogP contribution >= 0.6 is 0 Å². The minimum Gasteiger partial charge on any atom is -0.497 e. The molecular formula is C24H27N3O5. The molecule has 0 saturated heterocycles. The van der Waals surface area contributed by atoms with Gasteiger partial charge in [-0.2, -0.15) is 0 Å². The molecule has 1 aromatic heterocycles. The molecule has 2 aromatic carbocycles. The molecule has 0 bridgehead atoms.